The van der Waals surface area contributed by atoms with Crippen molar-refractivity contribution in [2.45, 2.75) is 0 Å². The Morgan fingerprint density at radius 2 is 0.880 bits per heavy atom. The van der Waals surface area contributed by atoms with Crippen molar-refractivity contribution >= 4 is 38.9 Å². The number of rotatable bonds is 7. The molecule has 0 unspecified atom stereocenters. The van der Waals surface area contributed by atoms with Gasteiger partial charge in [0, 0.05) is 33.4 Å². The van der Waals surface area contributed by atoms with Crippen LogP contribution < -0.4 is 4.90 Å². The molecule has 0 radical (unpaired) electrons. The van der Waals surface area contributed by atoms with Gasteiger partial charge in [0.05, 0.1) is 33.2 Å². The third-order valence-corrected chi connectivity index (χ3v) is 8.66. The highest BCUT2D eigenvalue weighted by atomic mass is 15.1. The van der Waals surface area contributed by atoms with Gasteiger partial charge in [-0.2, -0.15) is 0 Å². The molecule has 9 rings (SSSR count). The molecule has 0 N–H and O–H groups in total. The number of aromatic nitrogens is 1. The van der Waals surface area contributed by atoms with Gasteiger partial charge in [0.1, 0.15) is 0 Å². The summed E-state index contributed by atoms with van der Waals surface area (Å²) < 4.78 is 114. The van der Waals surface area contributed by atoms with Crippen molar-refractivity contribution in [3.8, 4) is 39.1 Å². The Morgan fingerprint density at radius 1 is 0.400 bits per heavy atom. The van der Waals surface area contributed by atoms with Crippen LogP contribution in [0.4, 0.5) is 17.1 Å². The summed E-state index contributed by atoms with van der Waals surface area (Å²) >= 11 is 0. The molecule has 0 aliphatic carbocycles. The van der Waals surface area contributed by atoms with E-state index in [-0.39, 0.29) is 22.3 Å². The summed E-state index contributed by atoms with van der Waals surface area (Å²) in [7, 11) is 0. The van der Waals surface area contributed by atoms with E-state index in [0.29, 0.717) is 16.8 Å². The lowest BCUT2D eigenvalue weighted by Gasteiger charge is -2.28. The molecular weight excluding hydrogens is 605 g/mol. The van der Waals surface area contributed by atoms with Crippen molar-refractivity contribution in [2.24, 2.45) is 0 Å². The predicted octanol–water partition coefficient (Wildman–Crippen LogP) is 13.3. The fourth-order valence-corrected chi connectivity index (χ4v) is 6.35. The van der Waals surface area contributed by atoms with E-state index < -0.39 is 89.6 Å². The van der Waals surface area contributed by atoms with Crippen molar-refractivity contribution < 1.29 is 16.4 Å². The maximum Gasteiger partial charge on any atom is 0.0645 e. The molecular formula is C48H34N2. The summed E-state index contributed by atoms with van der Waals surface area (Å²) in [5.74, 6) is 0. The third-order valence-electron chi connectivity index (χ3n) is 8.66. The molecule has 0 aliphatic heterocycles. The van der Waals surface area contributed by atoms with E-state index in [1.54, 1.807) is 78.9 Å². The molecule has 1 aromatic heterocycles. The molecule has 1 heterocycles. The van der Waals surface area contributed by atoms with Crippen molar-refractivity contribution in [3.63, 3.8) is 0 Å². The Kier molecular flexibility index (Phi) is 4.95. The Labute approximate surface area is 309 Å². The number of hydrogen-bond donors (Lipinski definition) is 0. The number of fused-ring (bicyclic) bond motifs is 3. The van der Waals surface area contributed by atoms with Gasteiger partial charge in [-0.05, 0) is 82.3 Å². The lowest BCUT2D eigenvalue weighted by Crippen LogP contribution is -2.11. The van der Waals surface area contributed by atoms with Crippen LogP contribution in [0.3, 0.4) is 0 Å². The van der Waals surface area contributed by atoms with Crippen LogP contribution in [0.5, 0.6) is 0 Å². The summed E-state index contributed by atoms with van der Waals surface area (Å²) in [4.78, 5) is 0.964. The predicted molar refractivity (Wildman–Crippen MR) is 212 cm³/mol. The van der Waals surface area contributed by atoms with E-state index in [4.69, 9.17) is 2.74 Å². The van der Waals surface area contributed by atoms with Gasteiger partial charge in [-0.3, -0.25) is 0 Å². The molecule has 0 saturated carbocycles. The summed E-state index contributed by atoms with van der Waals surface area (Å²) in [6.07, 6.45) is 0. The van der Waals surface area contributed by atoms with Crippen LogP contribution in [0.15, 0.2) is 206 Å². The SMILES string of the molecule is [2H]c1c([2H])c([2H])c(N(c2c([2H])c([2H])c(-c3ccccc3)c([2H])c2[2H])c2c([2H])c([2H])c(-c3ccccc3)c([2H])c2[2H])c(-c2cccc(-n3c4ccccc4c4ccccc43)c2)c1[2H]. The molecule has 0 spiro atoms. The molecule has 0 fully saturated rings. The molecule has 0 bridgehead atoms. The monoisotopic (exact) mass is 650 g/mol. The number of para-hydroxylation sites is 3. The fraction of sp³-hybridized carbons (Fsp3) is 0. The zero-order chi connectivity index (χ0) is 43.7. The smallest absolute Gasteiger partial charge is 0.0645 e. The number of hydrogen-bond acceptors (Lipinski definition) is 1. The second kappa shape index (κ2) is 12.8. The van der Waals surface area contributed by atoms with E-state index in [2.05, 4.69) is 0 Å². The van der Waals surface area contributed by atoms with Crippen LogP contribution in [-0.2, 0) is 0 Å². The summed E-state index contributed by atoms with van der Waals surface area (Å²) in [6.45, 7) is 0. The average Bonchev–Trinajstić information content (AvgIpc) is 3.63. The normalized spacial score (nSPS) is 14.6. The van der Waals surface area contributed by atoms with Gasteiger partial charge in [0.15, 0.2) is 0 Å². The molecule has 2 heteroatoms. The molecule has 50 heavy (non-hydrogen) atoms. The van der Waals surface area contributed by atoms with Gasteiger partial charge in [-0.1, -0.05) is 151 Å². The van der Waals surface area contributed by atoms with Gasteiger partial charge in [-0.25, -0.2) is 0 Å². The molecule has 8 aromatic carbocycles. The minimum Gasteiger partial charge on any atom is -0.310 e. The standard InChI is InChI=1S/C48H34N2/c1-3-14-35(15-4-1)37-26-30-40(31-27-37)49(41-32-28-38(29-33-41)36-16-5-2-6-17-36)46-23-10-7-20-43(46)39-18-13-19-42(34-39)50-47-24-11-8-21-44(47)45-22-9-12-25-48(45)50/h1-34H/i7D,10D,20D,23D,26D,27D,28D,29D,30D,31D,32D,33D. The average molecular weight is 651 g/mol. The highest BCUT2D eigenvalue weighted by Gasteiger charge is 2.19. The van der Waals surface area contributed by atoms with Gasteiger partial charge >= 0.3 is 0 Å². The first-order chi connectivity index (χ1) is 29.8. The first-order valence-corrected chi connectivity index (χ1v) is 16.1. The second-order valence-electron chi connectivity index (χ2n) is 11.7. The molecule has 236 valence electrons. The number of benzene rings is 8. The summed E-state index contributed by atoms with van der Waals surface area (Å²) in [6, 6.07) is 32.6. The minimum atomic E-state index is -0.704. The highest BCUT2D eigenvalue weighted by molar-refractivity contribution is 6.09. The molecule has 0 saturated heterocycles. The van der Waals surface area contributed by atoms with E-state index in [0.717, 1.165) is 26.7 Å². The second-order valence-corrected chi connectivity index (χ2v) is 11.7. The molecule has 0 amide bonds. The zero-order valence-electron chi connectivity index (χ0n) is 38.6. The van der Waals surface area contributed by atoms with Crippen LogP contribution in [-0.4, -0.2) is 4.57 Å². The van der Waals surface area contributed by atoms with Crippen LogP contribution in [0.2, 0.25) is 0 Å². The van der Waals surface area contributed by atoms with E-state index in [1.165, 1.54) is 0 Å². The summed E-state index contributed by atoms with van der Waals surface area (Å²) in [5.41, 5.74) is 1.81. The molecule has 9 aromatic rings. The van der Waals surface area contributed by atoms with Crippen molar-refractivity contribution in [1.29, 1.82) is 0 Å². The van der Waals surface area contributed by atoms with Crippen LogP contribution >= 0.6 is 0 Å². The molecule has 0 atom stereocenters. The quantitative estimate of drug-likeness (QED) is 0.167. The Balaban J connectivity index is 1.41. The Bertz CT molecular complexity index is 3060. The lowest BCUT2D eigenvalue weighted by molar-refractivity contribution is 1.18. The topological polar surface area (TPSA) is 8.17 Å². The zero-order valence-corrected chi connectivity index (χ0v) is 26.6. The largest absolute Gasteiger partial charge is 0.310 e. The maximum absolute atomic E-state index is 9.54. The first kappa shape index (κ1) is 19.4. The summed E-state index contributed by atoms with van der Waals surface area (Å²) in [5, 5.41) is 1.98. The number of anilines is 3. The van der Waals surface area contributed by atoms with Gasteiger partial charge < -0.3 is 9.47 Å². The lowest BCUT2D eigenvalue weighted by atomic mass is 10.00. The van der Waals surface area contributed by atoms with Crippen LogP contribution in [0, 0.1) is 0 Å². The van der Waals surface area contributed by atoms with Crippen LogP contribution in [0.1, 0.15) is 16.4 Å². The van der Waals surface area contributed by atoms with Crippen molar-refractivity contribution in [2.75, 3.05) is 4.90 Å². The van der Waals surface area contributed by atoms with E-state index in [9.17, 15) is 13.7 Å². The van der Waals surface area contributed by atoms with Gasteiger partial charge in [0.2, 0.25) is 0 Å². The molecule has 0 aliphatic rings. The van der Waals surface area contributed by atoms with Crippen molar-refractivity contribution in [1.82, 2.24) is 4.57 Å². The van der Waals surface area contributed by atoms with E-state index >= 15 is 0 Å². The third kappa shape index (κ3) is 5.34. The maximum atomic E-state index is 9.54. The van der Waals surface area contributed by atoms with Crippen LogP contribution in [0.25, 0.3) is 60.9 Å². The molecule has 2 nitrogen and oxygen atoms in total. The minimum absolute atomic E-state index is 0.0302. The van der Waals surface area contributed by atoms with Gasteiger partial charge in [-0.15, -0.1) is 0 Å². The fourth-order valence-electron chi connectivity index (χ4n) is 6.35. The van der Waals surface area contributed by atoms with Crippen molar-refractivity contribution in [3.05, 3.63) is 206 Å². The Hall–Kier alpha value is -6.64. The highest BCUT2D eigenvalue weighted by Crippen LogP contribution is 2.42. The first-order valence-electron chi connectivity index (χ1n) is 22.1. The van der Waals surface area contributed by atoms with Gasteiger partial charge in [0.25, 0.3) is 0 Å². The number of nitrogens with zero attached hydrogens (tertiary/aromatic N) is 2. The van der Waals surface area contributed by atoms with E-state index in [1.807, 2.05) is 59.2 Å². The Morgan fingerprint density at radius 3 is 1.44 bits per heavy atom.